The zero-order valence-corrected chi connectivity index (χ0v) is 16.8. The van der Waals surface area contributed by atoms with Crippen molar-refractivity contribution in [3.8, 4) is 0 Å². The molecule has 0 aromatic heterocycles. The SMILES string of the molecule is CCCNC(=O)C(C)NC(=O)c1cccc(S(=O)(=O)N2CCCCCC2)c1. The van der Waals surface area contributed by atoms with Crippen molar-refractivity contribution >= 4 is 21.8 Å². The van der Waals surface area contributed by atoms with E-state index in [4.69, 9.17) is 0 Å². The van der Waals surface area contributed by atoms with E-state index in [1.807, 2.05) is 6.92 Å². The lowest BCUT2D eigenvalue weighted by Gasteiger charge is -2.20. The van der Waals surface area contributed by atoms with Crippen molar-refractivity contribution in [2.24, 2.45) is 0 Å². The number of rotatable bonds is 7. The van der Waals surface area contributed by atoms with E-state index in [1.165, 1.54) is 16.4 Å². The molecule has 1 fully saturated rings. The normalized spacial score (nSPS) is 17.0. The van der Waals surface area contributed by atoms with Gasteiger partial charge in [-0.25, -0.2) is 8.42 Å². The van der Waals surface area contributed by atoms with Crippen LogP contribution >= 0.6 is 0 Å². The molecule has 0 aliphatic carbocycles. The summed E-state index contributed by atoms with van der Waals surface area (Å²) >= 11 is 0. The number of nitrogens with zero attached hydrogens (tertiary/aromatic N) is 1. The molecule has 7 nitrogen and oxygen atoms in total. The molecule has 1 saturated heterocycles. The summed E-state index contributed by atoms with van der Waals surface area (Å²) < 4.78 is 27.3. The van der Waals surface area contributed by atoms with Crippen LogP contribution in [-0.2, 0) is 14.8 Å². The molecular formula is C19H29N3O4S. The van der Waals surface area contributed by atoms with Gasteiger partial charge in [0.15, 0.2) is 0 Å². The first kappa shape index (κ1) is 21.4. The monoisotopic (exact) mass is 395 g/mol. The number of amides is 2. The van der Waals surface area contributed by atoms with Crippen LogP contribution in [0.2, 0.25) is 0 Å². The molecule has 2 amide bonds. The molecule has 8 heteroatoms. The Kier molecular flexibility index (Phi) is 7.79. The molecule has 2 rings (SSSR count). The Hall–Kier alpha value is -1.93. The highest BCUT2D eigenvalue weighted by Gasteiger charge is 2.26. The lowest BCUT2D eigenvalue weighted by Crippen LogP contribution is -2.45. The predicted molar refractivity (Wildman–Crippen MR) is 104 cm³/mol. The van der Waals surface area contributed by atoms with Crippen LogP contribution in [0.1, 0.15) is 56.3 Å². The Morgan fingerprint density at radius 1 is 1.15 bits per heavy atom. The molecule has 0 spiro atoms. The standard InChI is InChI=1S/C19H29N3O4S/c1-3-11-20-18(23)15(2)21-19(24)16-9-8-10-17(14-16)27(25,26)22-12-6-4-5-7-13-22/h8-10,14-15H,3-7,11-13H2,1-2H3,(H,20,23)(H,21,24). The van der Waals surface area contributed by atoms with Crippen LogP contribution in [0.5, 0.6) is 0 Å². The van der Waals surface area contributed by atoms with E-state index in [9.17, 15) is 18.0 Å². The van der Waals surface area contributed by atoms with Crippen molar-refractivity contribution in [3.63, 3.8) is 0 Å². The number of hydrogen-bond donors (Lipinski definition) is 2. The maximum absolute atomic E-state index is 12.9. The minimum absolute atomic E-state index is 0.111. The van der Waals surface area contributed by atoms with Gasteiger partial charge in [-0.15, -0.1) is 0 Å². The van der Waals surface area contributed by atoms with Crippen molar-refractivity contribution in [3.05, 3.63) is 29.8 Å². The molecule has 1 unspecified atom stereocenters. The average molecular weight is 396 g/mol. The first-order chi connectivity index (χ1) is 12.9. The van der Waals surface area contributed by atoms with Gasteiger partial charge in [0.05, 0.1) is 4.90 Å². The van der Waals surface area contributed by atoms with Crippen LogP contribution in [-0.4, -0.2) is 50.2 Å². The molecule has 0 radical (unpaired) electrons. The van der Waals surface area contributed by atoms with Gasteiger partial charge in [0.25, 0.3) is 5.91 Å². The lowest BCUT2D eigenvalue weighted by atomic mass is 10.2. The minimum Gasteiger partial charge on any atom is -0.354 e. The molecule has 1 aromatic carbocycles. The zero-order valence-electron chi connectivity index (χ0n) is 16.0. The Bertz CT molecular complexity index is 756. The summed E-state index contributed by atoms with van der Waals surface area (Å²) in [7, 11) is -3.62. The third-order valence-corrected chi connectivity index (χ3v) is 6.48. The largest absolute Gasteiger partial charge is 0.354 e. The van der Waals surface area contributed by atoms with Gasteiger partial charge < -0.3 is 10.6 Å². The number of hydrogen-bond acceptors (Lipinski definition) is 4. The number of nitrogens with one attached hydrogen (secondary N) is 2. The van der Waals surface area contributed by atoms with Gasteiger partial charge in [-0.2, -0.15) is 4.31 Å². The molecule has 0 saturated carbocycles. The Morgan fingerprint density at radius 2 is 1.81 bits per heavy atom. The van der Waals surface area contributed by atoms with E-state index in [1.54, 1.807) is 19.1 Å². The number of benzene rings is 1. The van der Waals surface area contributed by atoms with E-state index in [0.29, 0.717) is 19.6 Å². The molecule has 1 aliphatic heterocycles. The van der Waals surface area contributed by atoms with Crippen LogP contribution in [0, 0.1) is 0 Å². The van der Waals surface area contributed by atoms with E-state index in [2.05, 4.69) is 10.6 Å². The average Bonchev–Trinajstić information content (AvgIpc) is 2.96. The smallest absolute Gasteiger partial charge is 0.251 e. The summed E-state index contributed by atoms with van der Waals surface area (Å²) in [5, 5.41) is 5.33. The predicted octanol–water partition coefficient (Wildman–Crippen LogP) is 1.90. The number of carbonyl (C=O) groups is 2. The van der Waals surface area contributed by atoms with Gasteiger partial charge in [-0.1, -0.05) is 25.8 Å². The van der Waals surface area contributed by atoms with Gasteiger partial charge in [0.1, 0.15) is 6.04 Å². The van der Waals surface area contributed by atoms with Gasteiger partial charge in [0, 0.05) is 25.2 Å². The second kappa shape index (κ2) is 9.85. The summed E-state index contributed by atoms with van der Waals surface area (Å²) in [6.45, 7) is 5.10. The maximum Gasteiger partial charge on any atom is 0.251 e. The lowest BCUT2D eigenvalue weighted by molar-refractivity contribution is -0.122. The fourth-order valence-corrected chi connectivity index (χ4v) is 4.54. The highest BCUT2D eigenvalue weighted by molar-refractivity contribution is 7.89. The fourth-order valence-electron chi connectivity index (χ4n) is 2.98. The highest BCUT2D eigenvalue weighted by atomic mass is 32.2. The first-order valence-corrected chi connectivity index (χ1v) is 11.0. The van der Waals surface area contributed by atoms with Crippen molar-refractivity contribution in [1.82, 2.24) is 14.9 Å². The molecule has 0 bridgehead atoms. The van der Waals surface area contributed by atoms with E-state index in [-0.39, 0.29) is 16.4 Å². The number of carbonyl (C=O) groups excluding carboxylic acids is 2. The van der Waals surface area contributed by atoms with E-state index < -0.39 is 22.0 Å². The number of sulfonamides is 1. The molecule has 27 heavy (non-hydrogen) atoms. The Morgan fingerprint density at radius 3 is 2.44 bits per heavy atom. The van der Waals surface area contributed by atoms with Crippen molar-refractivity contribution in [1.29, 1.82) is 0 Å². The fraction of sp³-hybridized carbons (Fsp3) is 0.579. The van der Waals surface area contributed by atoms with Crippen LogP contribution in [0.4, 0.5) is 0 Å². The van der Waals surface area contributed by atoms with Crippen LogP contribution in [0.3, 0.4) is 0 Å². The van der Waals surface area contributed by atoms with Crippen molar-refractivity contribution in [2.75, 3.05) is 19.6 Å². The maximum atomic E-state index is 12.9. The minimum atomic E-state index is -3.62. The zero-order chi connectivity index (χ0) is 19.9. The third kappa shape index (κ3) is 5.77. The van der Waals surface area contributed by atoms with Gasteiger partial charge >= 0.3 is 0 Å². The quantitative estimate of drug-likeness (QED) is 0.737. The molecule has 1 heterocycles. The highest BCUT2D eigenvalue weighted by Crippen LogP contribution is 2.21. The second-order valence-electron chi connectivity index (χ2n) is 6.83. The molecule has 1 aliphatic rings. The Balaban J connectivity index is 2.11. The Labute approximate surface area is 161 Å². The topological polar surface area (TPSA) is 95.6 Å². The van der Waals surface area contributed by atoms with Gasteiger partial charge in [-0.3, -0.25) is 9.59 Å². The summed E-state index contributed by atoms with van der Waals surface area (Å²) in [4.78, 5) is 24.5. The van der Waals surface area contributed by atoms with Crippen molar-refractivity contribution < 1.29 is 18.0 Å². The van der Waals surface area contributed by atoms with Crippen LogP contribution < -0.4 is 10.6 Å². The van der Waals surface area contributed by atoms with Gasteiger partial charge in [-0.05, 0) is 44.4 Å². The van der Waals surface area contributed by atoms with Crippen LogP contribution in [0.25, 0.3) is 0 Å². The molecular weight excluding hydrogens is 366 g/mol. The summed E-state index contributed by atoms with van der Waals surface area (Å²) in [6.07, 6.45) is 4.58. The van der Waals surface area contributed by atoms with E-state index >= 15 is 0 Å². The van der Waals surface area contributed by atoms with Gasteiger partial charge in [0.2, 0.25) is 15.9 Å². The molecule has 150 valence electrons. The summed E-state index contributed by atoms with van der Waals surface area (Å²) in [6, 6.07) is 5.30. The molecule has 2 N–H and O–H groups in total. The first-order valence-electron chi connectivity index (χ1n) is 9.55. The third-order valence-electron chi connectivity index (χ3n) is 4.59. The van der Waals surface area contributed by atoms with Crippen molar-refractivity contribution in [2.45, 2.75) is 56.9 Å². The molecule has 1 atom stereocenters. The molecule has 1 aromatic rings. The summed E-state index contributed by atoms with van der Waals surface area (Å²) in [5.74, 6) is -0.736. The van der Waals surface area contributed by atoms with E-state index in [0.717, 1.165) is 32.1 Å². The summed E-state index contributed by atoms with van der Waals surface area (Å²) in [5.41, 5.74) is 0.223. The van der Waals surface area contributed by atoms with Crippen LogP contribution in [0.15, 0.2) is 29.2 Å². The second-order valence-corrected chi connectivity index (χ2v) is 8.77.